The zero-order valence-corrected chi connectivity index (χ0v) is 11.9. The summed E-state index contributed by atoms with van der Waals surface area (Å²) in [4.78, 5) is 12.0. The van der Waals surface area contributed by atoms with Crippen LogP contribution < -0.4 is 11.1 Å². The van der Waals surface area contributed by atoms with Crippen molar-refractivity contribution in [3.05, 3.63) is 11.6 Å². The minimum absolute atomic E-state index is 0.114. The average molecular weight is 265 g/mol. The summed E-state index contributed by atoms with van der Waals surface area (Å²) in [7, 11) is 0. The van der Waals surface area contributed by atoms with Gasteiger partial charge in [-0.3, -0.25) is 4.79 Å². The summed E-state index contributed by atoms with van der Waals surface area (Å²) in [6.07, 6.45) is 2.77. The number of fused-ring (bicyclic) bond motifs is 1. The lowest BCUT2D eigenvalue weighted by Gasteiger charge is -2.18. The second-order valence-electron chi connectivity index (χ2n) is 5.70. The molecular weight excluding hydrogens is 242 g/mol. The van der Waals surface area contributed by atoms with Crippen molar-refractivity contribution in [1.29, 1.82) is 0 Å². The summed E-state index contributed by atoms with van der Waals surface area (Å²) in [5, 5.41) is 11.2. The van der Waals surface area contributed by atoms with Crippen molar-refractivity contribution in [3.63, 3.8) is 0 Å². The van der Waals surface area contributed by atoms with Crippen LogP contribution in [0.25, 0.3) is 0 Å². The molecule has 19 heavy (non-hydrogen) atoms. The Bertz CT molecular complexity index is 454. The van der Waals surface area contributed by atoms with Gasteiger partial charge in [-0.05, 0) is 25.7 Å². The van der Waals surface area contributed by atoms with E-state index in [4.69, 9.17) is 5.73 Å². The van der Waals surface area contributed by atoms with Gasteiger partial charge in [0.1, 0.15) is 5.82 Å². The number of aromatic nitrogens is 3. The number of nitrogens with two attached hydrogens (primary N) is 1. The van der Waals surface area contributed by atoms with E-state index in [2.05, 4.69) is 33.9 Å². The Morgan fingerprint density at radius 3 is 2.84 bits per heavy atom. The highest BCUT2D eigenvalue weighted by atomic mass is 16.2. The van der Waals surface area contributed by atoms with Gasteiger partial charge < -0.3 is 15.6 Å². The van der Waals surface area contributed by atoms with E-state index in [-0.39, 0.29) is 11.9 Å². The maximum Gasteiger partial charge on any atom is 0.237 e. The van der Waals surface area contributed by atoms with Gasteiger partial charge in [0.2, 0.25) is 5.91 Å². The molecule has 2 heterocycles. The van der Waals surface area contributed by atoms with Crippen LogP contribution in [0.2, 0.25) is 0 Å². The molecule has 1 aromatic heterocycles. The molecule has 106 valence electrons. The van der Waals surface area contributed by atoms with Crippen LogP contribution >= 0.6 is 0 Å². The van der Waals surface area contributed by atoms with Gasteiger partial charge in [-0.25, -0.2) is 0 Å². The van der Waals surface area contributed by atoms with Gasteiger partial charge in [-0.15, -0.1) is 10.2 Å². The van der Waals surface area contributed by atoms with Crippen molar-refractivity contribution in [2.75, 3.05) is 0 Å². The monoisotopic (exact) mass is 265 g/mol. The van der Waals surface area contributed by atoms with E-state index in [1.54, 1.807) is 0 Å². The van der Waals surface area contributed by atoms with E-state index in [0.717, 1.165) is 31.0 Å². The normalized spacial score (nSPS) is 17.3. The average Bonchev–Trinajstić information content (AvgIpc) is 2.88. The lowest BCUT2D eigenvalue weighted by molar-refractivity contribution is -0.123. The Kier molecular flexibility index (Phi) is 4.19. The molecule has 1 aliphatic heterocycles. The number of aryl methyl sites for hydroxylation is 1. The van der Waals surface area contributed by atoms with Gasteiger partial charge in [-0.1, -0.05) is 13.8 Å². The van der Waals surface area contributed by atoms with Crippen LogP contribution in [0, 0.1) is 5.92 Å². The molecule has 1 aliphatic rings. The van der Waals surface area contributed by atoms with Gasteiger partial charge in [-0.2, -0.15) is 0 Å². The summed E-state index contributed by atoms with van der Waals surface area (Å²) in [5.74, 6) is 2.14. The largest absolute Gasteiger partial charge is 0.345 e. The summed E-state index contributed by atoms with van der Waals surface area (Å²) >= 11 is 0. The molecule has 0 bridgehead atoms. The molecular formula is C13H23N5O. The molecule has 0 aromatic carbocycles. The highest BCUT2D eigenvalue weighted by Gasteiger charge is 2.24. The summed E-state index contributed by atoms with van der Waals surface area (Å²) < 4.78 is 2.10. The Morgan fingerprint density at radius 2 is 2.16 bits per heavy atom. The fourth-order valence-corrected chi connectivity index (χ4v) is 2.49. The maximum absolute atomic E-state index is 12.0. The molecule has 3 N–H and O–H groups in total. The number of amides is 1. The smallest absolute Gasteiger partial charge is 0.237 e. The third kappa shape index (κ3) is 3.12. The molecule has 0 saturated carbocycles. The molecule has 2 rings (SSSR count). The van der Waals surface area contributed by atoms with E-state index in [1.165, 1.54) is 0 Å². The van der Waals surface area contributed by atoms with Crippen LogP contribution in [0.4, 0.5) is 0 Å². The summed E-state index contributed by atoms with van der Waals surface area (Å²) in [5.41, 5.74) is 5.88. The molecule has 0 radical (unpaired) electrons. The molecule has 2 atom stereocenters. The first-order chi connectivity index (χ1) is 8.99. The molecule has 0 aliphatic carbocycles. The number of carbonyl (C=O) groups excluding carboxylic acids is 1. The van der Waals surface area contributed by atoms with Crippen LogP contribution in [-0.4, -0.2) is 26.7 Å². The fourth-order valence-electron chi connectivity index (χ4n) is 2.49. The number of hydrogen-bond acceptors (Lipinski definition) is 4. The summed E-state index contributed by atoms with van der Waals surface area (Å²) in [6, 6.07) is -0.603. The second-order valence-corrected chi connectivity index (χ2v) is 5.70. The SMILES string of the molecule is CC(C)CC(N)C(=O)NC(C)c1nnc2n1CCC2. The molecule has 1 aromatic rings. The Hall–Kier alpha value is -1.43. The van der Waals surface area contributed by atoms with E-state index >= 15 is 0 Å². The molecule has 0 fully saturated rings. The first-order valence-corrected chi connectivity index (χ1v) is 6.97. The van der Waals surface area contributed by atoms with Crippen molar-refractivity contribution in [2.24, 2.45) is 11.7 Å². The highest BCUT2D eigenvalue weighted by molar-refractivity contribution is 5.81. The molecule has 6 heteroatoms. The Morgan fingerprint density at radius 1 is 1.42 bits per heavy atom. The van der Waals surface area contributed by atoms with Crippen LogP contribution in [0.5, 0.6) is 0 Å². The van der Waals surface area contributed by atoms with Gasteiger partial charge in [0.15, 0.2) is 5.82 Å². The topological polar surface area (TPSA) is 85.8 Å². The summed E-state index contributed by atoms with van der Waals surface area (Å²) in [6.45, 7) is 6.98. The standard InChI is InChI=1S/C13H23N5O/c1-8(2)7-10(14)13(19)15-9(3)12-17-16-11-5-4-6-18(11)12/h8-10H,4-7,14H2,1-3H3,(H,15,19). The number of hydrogen-bond donors (Lipinski definition) is 2. The van der Waals surface area contributed by atoms with Crippen LogP contribution in [0.15, 0.2) is 0 Å². The zero-order chi connectivity index (χ0) is 14.0. The van der Waals surface area contributed by atoms with Gasteiger partial charge in [0.05, 0.1) is 12.1 Å². The van der Waals surface area contributed by atoms with Gasteiger partial charge in [0.25, 0.3) is 0 Å². The Labute approximate surface area is 113 Å². The number of nitrogens with zero attached hydrogens (tertiary/aromatic N) is 3. The van der Waals surface area contributed by atoms with Crippen LogP contribution in [-0.2, 0) is 17.8 Å². The van der Waals surface area contributed by atoms with Crippen LogP contribution in [0.1, 0.15) is 51.3 Å². The van der Waals surface area contributed by atoms with Crippen molar-refractivity contribution in [3.8, 4) is 0 Å². The lowest BCUT2D eigenvalue weighted by Crippen LogP contribution is -2.42. The van der Waals surface area contributed by atoms with Gasteiger partial charge >= 0.3 is 0 Å². The third-order valence-corrected chi connectivity index (χ3v) is 3.45. The number of carbonyl (C=O) groups is 1. The quantitative estimate of drug-likeness (QED) is 0.823. The highest BCUT2D eigenvalue weighted by Crippen LogP contribution is 2.19. The maximum atomic E-state index is 12.0. The zero-order valence-electron chi connectivity index (χ0n) is 11.9. The van der Waals surface area contributed by atoms with Crippen molar-refractivity contribution < 1.29 is 4.79 Å². The van der Waals surface area contributed by atoms with E-state index in [9.17, 15) is 4.79 Å². The molecule has 0 spiro atoms. The van der Waals surface area contributed by atoms with Crippen molar-refractivity contribution >= 4 is 5.91 Å². The molecule has 2 unspecified atom stereocenters. The second kappa shape index (κ2) is 5.69. The van der Waals surface area contributed by atoms with Crippen molar-refractivity contribution in [2.45, 2.75) is 58.7 Å². The third-order valence-electron chi connectivity index (χ3n) is 3.45. The number of rotatable bonds is 5. The Balaban J connectivity index is 1.97. The first kappa shape index (κ1) is 14.0. The minimum atomic E-state index is -0.455. The minimum Gasteiger partial charge on any atom is -0.345 e. The molecule has 0 saturated heterocycles. The molecule has 1 amide bonds. The first-order valence-electron chi connectivity index (χ1n) is 6.97. The van der Waals surface area contributed by atoms with E-state index in [1.807, 2.05) is 6.92 Å². The predicted octanol–water partition coefficient (Wildman–Crippen LogP) is 0.775. The van der Waals surface area contributed by atoms with E-state index < -0.39 is 6.04 Å². The number of nitrogens with one attached hydrogen (secondary N) is 1. The fraction of sp³-hybridized carbons (Fsp3) is 0.769. The predicted molar refractivity (Wildman–Crippen MR) is 72.3 cm³/mol. The van der Waals surface area contributed by atoms with Gasteiger partial charge in [0, 0.05) is 13.0 Å². The van der Waals surface area contributed by atoms with Crippen LogP contribution in [0.3, 0.4) is 0 Å². The van der Waals surface area contributed by atoms with E-state index in [0.29, 0.717) is 12.3 Å². The molecule has 6 nitrogen and oxygen atoms in total. The van der Waals surface area contributed by atoms with Crippen molar-refractivity contribution in [1.82, 2.24) is 20.1 Å². The lowest BCUT2D eigenvalue weighted by atomic mass is 10.0.